The number of carbonyl (C=O) groups excluding carboxylic acids is 1. The van der Waals surface area contributed by atoms with Crippen LogP contribution in [0.4, 0.5) is 13.2 Å². The first-order valence-electron chi connectivity index (χ1n) is 10.6. The van der Waals surface area contributed by atoms with Gasteiger partial charge in [-0.25, -0.2) is 0 Å². The van der Waals surface area contributed by atoms with E-state index in [0.717, 1.165) is 38.4 Å². The number of halogens is 3. The van der Waals surface area contributed by atoms with Crippen LogP contribution in [-0.2, 0) is 17.4 Å². The van der Waals surface area contributed by atoms with Crippen molar-refractivity contribution < 1.29 is 18.0 Å². The van der Waals surface area contributed by atoms with Crippen molar-refractivity contribution in [1.82, 2.24) is 10.2 Å². The van der Waals surface area contributed by atoms with E-state index in [0.29, 0.717) is 19.0 Å². The lowest BCUT2D eigenvalue weighted by molar-refractivity contribution is -0.139. The van der Waals surface area contributed by atoms with Gasteiger partial charge in [0, 0.05) is 25.6 Å². The largest absolute Gasteiger partial charge is 0.416 e. The zero-order valence-corrected chi connectivity index (χ0v) is 16.9. The number of amides is 1. The van der Waals surface area contributed by atoms with Crippen LogP contribution < -0.4 is 5.32 Å². The zero-order chi connectivity index (χ0) is 21.2. The number of nitrogens with one attached hydrogen (secondary N) is 1. The van der Waals surface area contributed by atoms with Gasteiger partial charge in [0.2, 0.25) is 5.91 Å². The highest BCUT2D eigenvalue weighted by Crippen LogP contribution is 2.48. The molecule has 1 atom stereocenters. The molecule has 1 amide bonds. The number of piperidine rings is 2. The Kier molecular flexibility index (Phi) is 5.87. The van der Waals surface area contributed by atoms with E-state index in [1.165, 1.54) is 17.7 Å². The maximum absolute atomic E-state index is 13.3. The van der Waals surface area contributed by atoms with Crippen molar-refractivity contribution in [3.8, 4) is 0 Å². The molecule has 0 bridgehead atoms. The topological polar surface area (TPSA) is 32.3 Å². The lowest BCUT2D eigenvalue weighted by atomic mass is 9.62. The molecule has 1 N–H and O–H groups in total. The second kappa shape index (κ2) is 8.42. The van der Waals surface area contributed by atoms with Crippen molar-refractivity contribution in [1.29, 1.82) is 0 Å². The molecule has 0 aliphatic carbocycles. The normalized spacial score (nSPS) is 21.6. The molecule has 2 aromatic carbocycles. The van der Waals surface area contributed by atoms with Gasteiger partial charge in [-0.05, 0) is 48.4 Å². The summed E-state index contributed by atoms with van der Waals surface area (Å²) < 4.78 is 39.8. The summed E-state index contributed by atoms with van der Waals surface area (Å²) in [6, 6.07) is 15.9. The molecule has 1 spiro atoms. The Morgan fingerprint density at radius 2 is 1.67 bits per heavy atom. The summed E-state index contributed by atoms with van der Waals surface area (Å²) in [5.74, 6) is 0.183. The Morgan fingerprint density at radius 1 is 1.00 bits per heavy atom. The summed E-state index contributed by atoms with van der Waals surface area (Å²) in [6.07, 6.45) is -1.81. The van der Waals surface area contributed by atoms with Crippen LogP contribution in [-0.4, -0.2) is 37.0 Å². The predicted octanol–water partition coefficient (Wildman–Crippen LogP) is 4.63. The van der Waals surface area contributed by atoms with Gasteiger partial charge < -0.3 is 10.2 Å². The number of rotatable bonds is 3. The number of likely N-dealkylation sites (tertiary alicyclic amines) is 1. The molecular formula is C24H27F3N2O. The van der Waals surface area contributed by atoms with E-state index >= 15 is 0 Å². The first-order valence-corrected chi connectivity index (χ1v) is 10.6. The molecular weight excluding hydrogens is 389 g/mol. The van der Waals surface area contributed by atoms with Gasteiger partial charge in [0.1, 0.15) is 0 Å². The highest BCUT2D eigenvalue weighted by Gasteiger charge is 2.44. The first-order chi connectivity index (χ1) is 14.4. The van der Waals surface area contributed by atoms with Gasteiger partial charge in [-0.15, -0.1) is 0 Å². The molecule has 0 saturated carbocycles. The van der Waals surface area contributed by atoms with Crippen molar-refractivity contribution in [2.45, 2.75) is 37.8 Å². The van der Waals surface area contributed by atoms with E-state index in [2.05, 4.69) is 29.6 Å². The van der Waals surface area contributed by atoms with E-state index < -0.39 is 11.7 Å². The van der Waals surface area contributed by atoms with Crippen LogP contribution >= 0.6 is 0 Å². The predicted molar refractivity (Wildman–Crippen MR) is 110 cm³/mol. The van der Waals surface area contributed by atoms with E-state index in [-0.39, 0.29) is 23.3 Å². The highest BCUT2D eigenvalue weighted by molar-refractivity contribution is 5.79. The summed E-state index contributed by atoms with van der Waals surface area (Å²) in [5, 5.41) is 3.50. The SMILES string of the molecule is O=C(Cc1ccccc1C(F)(F)F)N1CCC2(CCNC[C@H]2c2ccccc2)CC1. The van der Waals surface area contributed by atoms with E-state index in [1.54, 1.807) is 11.0 Å². The second-order valence-electron chi connectivity index (χ2n) is 8.49. The number of hydrogen-bond acceptors (Lipinski definition) is 2. The lowest BCUT2D eigenvalue weighted by Gasteiger charge is -2.49. The van der Waals surface area contributed by atoms with Crippen LogP contribution in [0.25, 0.3) is 0 Å². The van der Waals surface area contributed by atoms with Crippen LogP contribution in [0.1, 0.15) is 41.9 Å². The zero-order valence-electron chi connectivity index (χ0n) is 16.9. The van der Waals surface area contributed by atoms with E-state index in [9.17, 15) is 18.0 Å². The number of nitrogens with zero attached hydrogens (tertiary/aromatic N) is 1. The second-order valence-corrected chi connectivity index (χ2v) is 8.49. The van der Waals surface area contributed by atoms with Gasteiger partial charge in [0.15, 0.2) is 0 Å². The molecule has 0 aromatic heterocycles. The third kappa shape index (κ3) is 4.24. The Balaban J connectivity index is 1.45. The van der Waals surface area contributed by atoms with E-state index in [1.807, 2.05) is 6.07 Å². The summed E-state index contributed by atoms with van der Waals surface area (Å²) in [5.41, 5.74) is 0.810. The highest BCUT2D eigenvalue weighted by atomic mass is 19.4. The van der Waals surface area contributed by atoms with Crippen LogP contribution in [0.2, 0.25) is 0 Å². The van der Waals surface area contributed by atoms with Gasteiger partial charge in [-0.1, -0.05) is 48.5 Å². The maximum atomic E-state index is 13.3. The van der Waals surface area contributed by atoms with Gasteiger partial charge in [0.25, 0.3) is 0 Å². The summed E-state index contributed by atoms with van der Waals surface area (Å²) >= 11 is 0. The molecule has 0 radical (unpaired) electrons. The third-order valence-electron chi connectivity index (χ3n) is 6.87. The number of carbonyl (C=O) groups is 1. The molecule has 0 unspecified atom stereocenters. The molecule has 2 fully saturated rings. The fourth-order valence-electron chi connectivity index (χ4n) is 5.16. The molecule has 2 aromatic rings. The summed E-state index contributed by atoms with van der Waals surface area (Å²) in [6.45, 7) is 3.11. The number of hydrogen-bond donors (Lipinski definition) is 1. The minimum Gasteiger partial charge on any atom is -0.342 e. The number of benzene rings is 2. The molecule has 2 saturated heterocycles. The van der Waals surface area contributed by atoms with Crippen LogP contribution in [0.5, 0.6) is 0 Å². The average Bonchev–Trinajstić information content (AvgIpc) is 2.75. The lowest BCUT2D eigenvalue weighted by Crippen LogP contribution is -2.51. The monoisotopic (exact) mass is 416 g/mol. The molecule has 160 valence electrons. The minimum absolute atomic E-state index is 0.0549. The van der Waals surface area contributed by atoms with Crippen LogP contribution in [0.3, 0.4) is 0 Å². The van der Waals surface area contributed by atoms with Crippen LogP contribution in [0, 0.1) is 5.41 Å². The fraction of sp³-hybridized carbons (Fsp3) is 0.458. The van der Waals surface area contributed by atoms with Crippen molar-refractivity contribution in [2.75, 3.05) is 26.2 Å². The van der Waals surface area contributed by atoms with Crippen molar-refractivity contribution >= 4 is 5.91 Å². The Labute approximate surface area is 175 Å². The van der Waals surface area contributed by atoms with Gasteiger partial charge in [-0.3, -0.25) is 4.79 Å². The smallest absolute Gasteiger partial charge is 0.342 e. The molecule has 3 nitrogen and oxygen atoms in total. The van der Waals surface area contributed by atoms with Crippen molar-refractivity contribution in [2.24, 2.45) is 5.41 Å². The number of alkyl halides is 3. The molecule has 2 aliphatic rings. The van der Waals surface area contributed by atoms with Gasteiger partial charge in [-0.2, -0.15) is 13.2 Å². The quantitative estimate of drug-likeness (QED) is 0.791. The first kappa shape index (κ1) is 20.9. The standard InChI is InChI=1S/C24H27F3N2O/c25-24(26,27)20-9-5-4-8-19(20)16-22(30)29-14-11-23(12-15-29)10-13-28-17-21(23)18-6-2-1-3-7-18/h1-9,21,28H,10-17H2/t21-/m0/s1. The summed E-state index contributed by atoms with van der Waals surface area (Å²) in [4.78, 5) is 14.6. The molecule has 6 heteroatoms. The molecule has 2 aliphatic heterocycles. The van der Waals surface area contributed by atoms with Crippen molar-refractivity contribution in [3.63, 3.8) is 0 Å². The Morgan fingerprint density at radius 3 is 2.37 bits per heavy atom. The molecule has 2 heterocycles. The van der Waals surface area contributed by atoms with Crippen LogP contribution in [0.15, 0.2) is 54.6 Å². The minimum atomic E-state index is -4.44. The summed E-state index contributed by atoms with van der Waals surface area (Å²) in [7, 11) is 0. The third-order valence-corrected chi connectivity index (χ3v) is 6.87. The Hall–Kier alpha value is -2.34. The average molecular weight is 416 g/mol. The Bertz CT molecular complexity index is 874. The molecule has 4 rings (SSSR count). The van der Waals surface area contributed by atoms with E-state index in [4.69, 9.17) is 0 Å². The fourth-order valence-corrected chi connectivity index (χ4v) is 5.16. The van der Waals surface area contributed by atoms with Gasteiger partial charge in [0.05, 0.1) is 12.0 Å². The van der Waals surface area contributed by atoms with Gasteiger partial charge >= 0.3 is 6.18 Å². The maximum Gasteiger partial charge on any atom is 0.416 e. The molecule has 30 heavy (non-hydrogen) atoms. The van der Waals surface area contributed by atoms with Crippen molar-refractivity contribution in [3.05, 3.63) is 71.3 Å².